The summed E-state index contributed by atoms with van der Waals surface area (Å²) in [6.07, 6.45) is 3.19. The third-order valence-corrected chi connectivity index (χ3v) is 9.13. The molecule has 1 fully saturated rings. The molecule has 1 aromatic carbocycles. The minimum Gasteiger partial charge on any atom is -0.493 e. The largest absolute Gasteiger partial charge is 0.493 e. The summed E-state index contributed by atoms with van der Waals surface area (Å²) in [5.74, 6) is -1.06. The number of carbonyl (C=O) groups is 7. The topological polar surface area (TPSA) is 211 Å². The Bertz CT molecular complexity index is 1580. The van der Waals surface area contributed by atoms with Crippen molar-refractivity contribution in [3.63, 3.8) is 0 Å². The van der Waals surface area contributed by atoms with E-state index in [-0.39, 0.29) is 37.5 Å². The third-order valence-electron chi connectivity index (χ3n) is 9.13. The molecule has 6 amide bonds. The number of nitrogens with zero attached hydrogens (tertiary/aromatic N) is 3. The van der Waals surface area contributed by atoms with Gasteiger partial charge in [-0.2, -0.15) is 0 Å². The first-order chi connectivity index (χ1) is 28.8. The van der Waals surface area contributed by atoms with E-state index < -0.39 is 41.2 Å². The van der Waals surface area contributed by atoms with Gasteiger partial charge in [-0.25, -0.2) is 14.4 Å². The number of hydrogen-bond donors (Lipinski definition) is 3. The molecule has 3 N–H and O–H groups in total. The monoisotopic (exact) mass is 863 g/mol. The quantitative estimate of drug-likeness (QED) is 0.0813. The van der Waals surface area contributed by atoms with Crippen molar-refractivity contribution in [2.75, 3.05) is 66.6 Å². The summed E-state index contributed by atoms with van der Waals surface area (Å²) in [6, 6.07) is 5.61. The van der Waals surface area contributed by atoms with Gasteiger partial charge in [0.2, 0.25) is 11.8 Å². The van der Waals surface area contributed by atoms with Crippen LogP contribution in [0.25, 0.3) is 0 Å². The molecule has 0 unspecified atom stereocenters. The van der Waals surface area contributed by atoms with Crippen molar-refractivity contribution in [3.05, 3.63) is 23.8 Å². The molecule has 0 saturated carbocycles. The minimum absolute atomic E-state index is 0.0212. The molecule has 0 radical (unpaired) electrons. The van der Waals surface area contributed by atoms with Crippen LogP contribution >= 0.6 is 0 Å². The van der Waals surface area contributed by atoms with Gasteiger partial charge in [0.15, 0.2) is 11.5 Å². The number of aryl methyl sites for hydroxylation is 1. The fourth-order valence-corrected chi connectivity index (χ4v) is 6.12. The Morgan fingerprint density at radius 2 is 1.10 bits per heavy atom. The van der Waals surface area contributed by atoms with Crippen molar-refractivity contribution in [1.29, 1.82) is 0 Å². The van der Waals surface area contributed by atoms with Crippen LogP contribution in [-0.4, -0.2) is 134 Å². The minimum atomic E-state index is -0.842. The van der Waals surface area contributed by atoms with E-state index in [4.69, 9.17) is 23.8 Å². The van der Waals surface area contributed by atoms with Gasteiger partial charge in [-0.05, 0) is 117 Å². The number of benzene rings is 1. The highest BCUT2D eigenvalue weighted by Crippen LogP contribution is 2.28. The summed E-state index contributed by atoms with van der Waals surface area (Å²) in [6.45, 7) is 14.6. The normalized spacial score (nSPS) is 12.8. The van der Waals surface area contributed by atoms with Gasteiger partial charge in [-0.3, -0.25) is 19.2 Å². The summed E-state index contributed by atoms with van der Waals surface area (Å²) < 4.78 is 21.3. The molecule has 1 saturated heterocycles. The molecule has 1 aliphatic rings. The number of carbonyl (C=O) groups excluding carboxylic acids is 7. The number of imide groups is 1. The van der Waals surface area contributed by atoms with Gasteiger partial charge in [0, 0.05) is 65.0 Å². The zero-order valence-corrected chi connectivity index (χ0v) is 37.6. The second kappa shape index (κ2) is 26.9. The van der Waals surface area contributed by atoms with Crippen molar-refractivity contribution in [2.24, 2.45) is 0 Å². The number of hydrogen-bond acceptors (Lipinski definition) is 13. The lowest BCUT2D eigenvalue weighted by molar-refractivity contribution is -0.197. The number of rotatable bonds is 27. The highest BCUT2D eigenvalue weighted by molar-refractivity contribution is 6.01. The van der Waals surface area contributed by atoms with Crippen molar-refractivity contribution in [3.8, 4) is 11.5 Å². The molecule has 1 aromatic rings. The van der Waals surface area contributed by atoms with Crippen molar-refractivity contribution < 1.29 is 57.3 Å². The Hall–Kier alpha value is -5.13. The van der Waals surface area contributed by atoms with Crippen LogP contribution in [0.1, 0.15) is 118 Å². The number of nitrogens with one attached hydrogen (secondary N) is 3. The van der Waals surface area contributed by atoms with E-state index in [1.54, 1.807) is 60.7 Å². The lowest BCUT2D eigenvalue weighted by atomic mass is 10.1. The Morgan fingerprint density at radius 1 is 0.623 bits per heavy atom. The van der Waals surface area contributed by atoms with Crippen LogP contribution in [0.5, 0.6) is 11.5 Å². The number of ether oxygens (including phenoxy) is 4. The van der Waals surface area contributed by atoms with Crippen molar-refractivity contribution in [2.45, 2.75) is 130 Å². The molecule has 2 rings (SSSR count). The number of methoxy groups -OCH3 is 2. The molecule has 1 heterocycles. The smallest absolute Gasteiger partial charge is 0.407 e. The maximum absolute atomic E-state index is 13.5. The van der Waals surface area contributed by atoms with E-state index >= 15 is 0 Å². The summed E-state index contributed by atoms with van der Waals surface area (Å²) >= 11 is 0. The van der Waals surface area contributed by atoms with E-state index in [9.17, 15) is 33.6 Å². The molecule has 0 bridgehead atoms. The molecule has 61 heavy (non-hydrogen) atoms. The second-order valence-electron chi connectivity index (χ2n) is 16.7. The molecule has 0 atom stereocenters. The van der Waals surface area contributed by atoms with Crippen LogP contribution in [0.2, 0.25) is 0 Å². The van der Waals surface area contributed by atoms with Crippen LogP contribution in [0.3, 0.4) is 0 Å². The average Bonchev–Trinajstić information content (AvgIpc) is 3.50. The van der Waals surface area contributed by atoms with E-state index in [0.29, 0.717) is 120 Å². The third kappa shape index (κ3) is 22.3. The SMILES string of the molecule is COc1ccc(CCC(=O)N(CCCCNC(=O)OC(C)(C)C)CCCNCCCN(CCCCNC(=O)OC(C)(C)C)C(=O)CCC(=O)ON2C(=O)CCC2=O)cc1OC. The summed E-state index contributed by atoms with van der Waals surface area (Å²) in [7, 11) is 3.14. The molecule has 18 nitrogen and oxygen atoms in total. The van der Waals surface area contributed by atoms with Crippen molar-refractivity contribution in [1.82, 2.24) is 30.8 Å². The number of alkyl carbamates (subject to hydrolysis) is 2. The number of unbranched alkanes of at least 4 members (excludes halogenated alkanes) is 2. The standard InChI is InChI=1S/C43H70N6O12/c1-42(2,3)59-40(55)45-25-9-11-27-47(35(50)18-16-32-15-17-33(57-7)34(31-32)58-8)29-13-23-44-24-14-30-48(28-12-10-26-46-41(56)60-43(4,5)6)36(51)21-22-39(54)61-49-37(52)19-20-38(49)53/h15,17,31,44H,9-14,16,18-30H2,1-8H3,(H,45,55)(H,46,56). The van der Waals surface area contributed by atoms with E-state index in [1.165, 1.54) is 0 Å². The van der Waals surface area contributed by atoms with E-state index in [2.05, 4.69) is 16.0 Å². The van der Waals surface area contributed by atoms with E-state index in [0.717, 1.165) is 5.56 Å². The molecule has 0 spiro atoms. The van der Waals surface area contributed by atoms with Gasteiger partial charge in [0.1, 0.15) is 11.2 Å². The van der Waals surface area contributed by atoms with Gasteiger partial charge in [-0.1, -0.05) is 6.07 Å². The first kappa shape index (κ1) is 52.0. The lowest BCUT2D eigenvalue weighted by Gasteiger charge is -2.24. The van der Waals surface area contributed by atoms with Crippen molar-refractivity contribution >= 4 is 41.8 Å². The highest BCUT2D eigenvalue weighted by Gasteiger charge is 2.33. The van der Waals surface area contributed by atoms with Crippen LogP contribution in [0, 0.1) is 0 Å². The fourth-order valence-electron chi connectivity index (χ4n) is 6.12. The van der Waals surface area contributed by atoms with Gasteiger partial charge in [0.05, 0.1) is 20.6 Å². The summed E-state index contributed by atoms with van der Waals surface area (Å²) in [5, 5.41) is 9.35. The van der Waals surface area contributed by atoms with Crippen LogP contribution in [0.15, 0.2) is 18.2 Å². The molecule has 18 heteroatoms. The average molecular weight is 863 g/mol. The predicted octanol–water partition coefficient (Wildman–Crippen LogP) is 4.66. The van der Waals surface area contributed by atoms with Crippen LogP contribution in [0.4, 0.5) is 9.59 Å². The zero-order chi connectivity index (χ0) is 45.4. The highest BCUT2D eigenvalue weighted by atomic mass is 16.7. The first-order valence-corrected chi connectivity index (χ1v) is 21.3. The molecular weight excluding hydrogens is 793 g/mol. The van der Waals surface area contributed by atoms with Crippen LogP contribution < -0.4 is 25.4 Å². The van der Waals surface area contributed by atoms with Gasteiger partial charge < -0.3 is 49.5 Å². The fraction of sp³-hybridized carbons (Fsp3) is 0.698. The Kier molecular flexibility index (Phi) is 23.0. The number of amides is 6. The van der Waals surface area contributed by atoms with Gasteiger partial charge in [0.25, 0.3) is 11.8 Å². The second-order valence-corrected chi connectivity index (χ2v) is 16.7. The van der Waals surface area contributed by atoms with Gasteiger partial charge >= 0.3 is 18.2 Å². The molecule has 344 valence electrons. The number of hydroxylamine groups is 2. The molecule has 1 aliphatic heterocycles. The predicted molar refractivity (Wildman–Crippen MR) is 226 cm³/mol. The lowest BCUT2D eigenvalue weighted by Crippen LogP contribution is -2.37. The zero-order valence-electron chi connectivity index (χ0n) is 37.6. The summed E-state index contributed by atoms with van der Waals surface area (Å²) in [4.78, 5) is 95.2. The first-order valence-electron chi connectivity index (χ1n) is 21.3. The Labute approximate surface area is 361 Å². The van der Waals surface area contributed by atoms with Gasteiger partial charge in [-0.15, -0.1) is 5.06 Å². The molecule has 0 aliphatic carbocycles. The maximum Gasteiger partial charge on any atom is 0.407 e. The maximum atomic E-state index is 13.5. The Morgan fingerprint density at radius 3 is 1.57 bits per heavy atom. The Balaban J connectivity index is 1.90. The van der Waals surface area contributed by atoms with E-state index in [1.807, 2.05) is 23.1 Å². The molecular formula is C43H70N6O12. The van der Waals surface area contributed by atoms with Crippen LogP contribution in [-0.2, 0) is 44.7 Å². The molecule has 0 aromatic heterocycles. The summed E-state index contributed by atoms with van der Waals surface area (Å²) in [5.41, 5.74) is -0.255.